The molecule has 216 valence electrons. The summed E-state index contributed by atoms with van der Waals surface area (Å²) >= 11 is 0. The SMILES string of the molecule is C=CCN(CC)Cc1cc(N(C)C)c2c(c1O)C(=O)C1=C(O)[C@]3(O)C(=O)C(C(N)=O)=C(O)[C@@H](N(C)C)[C@@H]3C[C@@H]1C2. The molecule has 0 heterocycles. The summed E-state index contributed by atoms with van der Waals surface area (Å²) in [5.41, 5.74) is 3.58. The number of likely N-dealkylation sites (N-methyl/N-ethyl adjacent to an activating group) is 2. The van der Waals surface area contributed by atoms with Crippen LogP contribution in [0, 0.1) is 11.8 Å². The van der Waals surface area contributed by atoms with Crippen molar-refractivity contribution in [3.8, 4) is 5.75 Å². The minimum absolute atomic E-state index is 0.0108. The molecular formula is C29H38N4O7. The molecule has 0 radical (unpaired) electrons. The maximum Gasteiger partial charge on any atom is 0.255 e. The van der Waals surface area contributed by atoms with Gasteiger partial charge in [-0.25, -0.2) is 0 Å². The number of primary amides is 1. The van der Waals surface area contributed by atoms with Crippen LogP contribution in [0.2, 0.25) is 0 Å². The number of Topliss-reactive ketones (excluding diaryl/α,β-unsaturated/α-hetero) is 2. The first-order valence-corrected chi connectivity index (χ1v) is 13.2. The highest BCUT2D eigenvalue weighted by atomic mass is 16.3. The molecule has 1 amide bonds. The van der Waals surface area contributed by atoms with Crippen molar-refractivity contribution in [1.29, 1.82) is 0 Å². The van der Waals surface area contributed by atoms with Gasteiger partial charge in [0.25, 0.3) is 5.91 Å². The number of carbonyl (C=O) groups excluding carboxylic acids is 3. The van der Waals surface area contributed by atoms with Crippen LogP contribution in [0.5, 0.6) is 5.75 Å². The van der Waals surface area contributed by atoms with Crippen LogP contribution in [-0.2, 0) is 22.6 Å². The zero-order valence-electron chi connectivity index (χ0n) is 23.6. The molecule has 0 aliphatic heterocycles. The van der Waals surface area contributed by atoms with E-state index in [0.29, 0.717) is 30.8 Å². The van der Waals surface area contributed by atoms with E-state index in [1.165, 1.54) is 4.90 Å². The van der Waals surface area contributed by atoms with Crippen molar-refractivity contribution in [3.05, 3.63) is 58.1 Å². The number of aliphatic hydroxyl groups is 3. The number of allylic oxidation sites excluding steroid dienone is 1. The van der Waals surface area contributed by atoms with Gasteiger partial charge in [-0.15, -0.1) is 6.58 Å². The molecule has 0 fully saturated rings. The normalized spacial score (nSPS) is 26.1. The van der Waals surface area contributed by atoms with E-state index in [-0.39, 0.29) is 29.7 Å². The van der Waals surface area contributed by atoms with Gasteiger partial charge in [0, 0.05) is 49.9 Å². The van der Waals surface area contributed by atoms with Crippen LogP contribution in [0.3, 0.4) is 0 Å². The molecule has 4 atom stereocenters. The molecule has 40 heavy (non-hydrogen) atoms. The number of nitrogens with zero attached hydrogens (tertiary/aromatic N) is 3. The molecule has 1 aromatic carbocycles. The van der Waals surface area contributed by atoms with Crippen molar-refractivity contribution in [3.63, 3.8) is 0 Å². The summed E-state index contributed by atoms with van der Waals surface area (Å²) in [6.45, 7) is 7.33. The first kappa shape index (κ1) is 29.3. The highest BCUT2D eigenvalue weighted by molar-refractivity contribution is 6.24. The van der Waals surface area contributed by atoms with Gasteiger partial charge in [0.2, 0.25) is 5.78 Å². The average molecular weight is 555 g/mol. The largest absolute Gasteiger partial charge is 0.510 e. The monoisotopic (exact) mass is 554 g/mol. The molecule has 6 N–H and O–H groups in total. The molecule has 0 unspecified atom stereocenters. The smallest absolute Gasteiger partial charge is 0.255 e. The summed E-state index contributed by atoms with van der Waals surface area (Å²) in [6.07, 6.45) is 2.03. The Morgan fingerprint density at radius 3 is 2.38 bits per heavy atom. The van der Waals surface area contributed by atoms with E-state index in [1.54, 1.807) is 20.2 Å². The third-order valence-electron chi connectivity index (χ3n) is 8.49. The van der Waals surface area contributed by atoms with Crippen LogP contribution in [0.25, 0.3) is 0 Å². The number of hydrogen-bond acceptors (Lipinski definition) is 10. The van der Waals surface area contributed by atoms with Crippen LogP contribution in [0.4, 0.5) is 5.69 Å². The van der Waals surface area contributed by atoms with E-state index in [0.717, 1.165) is 5.69 Å². The van der Waals surface area contributed by atoms with E-state index < -0.39 is 58.0 Å². The fourth-order valence-electron chi connectivity index (χ4n) is 6.60. The minimum Gasteiger partial charge on any atom is -0.510 e. The van der Waals surface area contributed by atoms with E-state index in [2.05, 4.69) is 6.58 Å². The number of hydrogen-bond donors (Lipinski definition) is 5. The lowest BCUT2D eigenvalue weighted by molar-refractivity contribution is -0.148. The minimum atomic E-state index is -2.66. The first-order valence-electron chi connectivity index (χ1n) is 13.2. The molecule has 3 aliphatic carbocycles. The van der Waals surface area contributed by atoms with Gasteiger partial charge < -0.3 is 31.1 Å². The number of fused-ring (bicyclic) bond motifs is 3. The maximum absolute atomic E-state index is 14.1. The lowest BCUT2D eigenvalue weighted by Gasteiger charge is -2.50. The Balaban J connectivity index is 1.94. The predicted octanol–water partition coefficient (Wildman–Crippen LogP) is 1.19. The maximum atomic E-state index is 14.1. The molecule has 0 aromatic heterocycles. The lowest BCUT2D eigenvalue weighted by atomic mass is 9.58. The van der Waals surface area contributed by atoms with Crippen LogP contribution < -0.4 is 10.6 Å². The Labute approximate surface area is 233 Å². The second-order valence-electron chi connectivity index (χ2n) is 11.2. The Morgan fingerprint density at radius 1 is 1.20 bits per heavy atom. The number of benzene rings is 1. The fraction of sp³-hybridized carbons (Fsp3) is 0.483. The number of aliphatic hydroxyl groups excluding tert-OH is 2. The lowest BCUT2D eigenvalue weighted by Crippen LogP contribution is -2.63. The summed E-state index contributed by atoms with van der Waals surface area (Å²) in [6, 6.07) is 0.820. The van der Waals surface area contributed by atoms with Gasteiger partial charge in [0.15, 0.2) is 11.4 Å². The van der Waals surface area contributed by atoms with Crippen LogP contribution in [0.1, 0.15) is 34.8 Å². The number of anilines is 1. The van der Waals surface area contributed by atoms with Gasteiger partial charge in [-0.1, -0.05) is 13.0 Å². The molecule has 1 aromatic rings. The molecular weight excluding hydrogens is 516 g/mol. The van der Waals surface area contributed by atoms with Crippen molar-refractivity contribution in [2.75, 3.05) is 46.2 Å². The number of nitrogens with two attached hydrogens (primary N) is 1. The van der Waals surface area contributed by atoms with Gasteiger partial charge in [0.1, 0.15) is 22.8 Å². The highest BCUT2D eigenvalue weighted by Gasteiger charge is 2.63. The van der Waals surface area contributed by atoms with Gasteiger partial charge >= 0.3 is 0 Å². The quantitative estimate of drug-likeness (QED) is 0.233. The molecule has 4 rings (SSSR count). The van der Waals surface area contributed by atoms with Crippen molar-refractivity contribution >= 4 is 23.2 Å². The number of amides is 1. The number of rotatable bonds is 8. The summed E-state index contributed by atoms with van der Waals surface area (Å²) < 4.78 is 0. The molecule has 0 spiro atoms. The number of carbonyl (C=O) groups is 3. The summed E-state index contributed by atoms with van der Waals surface area (Å²) in [4.78, 5) is 45.1. The van der Waals surface area contributed by atoms with E-state index in [4.69, 9.17) is 5.73 Å². The summed E-state index contributed by atoms with van der Waals surface area (Å²) in [5.74, 6) is -6.57. The molecule has 0 saturated carbocycles. The third kappa shape index (κ3) is 4.20. The number of ketones is 2. The first-order chi connectivity index (χ1) is 18.7. The van der Waals surface area contributed by atoms with Crippen LogP contribution in [0.15, 0.2) is 41.4 Å². The van der Waals surface area contributed by atoms with Crippen molar-refractivity contribution < 1.29 is 34.8 Å². The van der Waals surface area contributed by atoms with Crippen LogP contribution in [-0.4, -0.2) is 101 Å². The van der Waals surface area contributed by atoms with E-state index in [9.17, 15) is 34.8 Å². The number of phenolic OH excluding ortho intramolecular Hbond substituents is 1. The second-order valence-corrected chi connectivity index (χ2v) is 11.2. The predicted molar refractivity (Wildman–Crippen MR) is 149 cm³/mol. The average Bonchev–Trinajstić information content (AvgIpc) is 2.86. The summed E-state index contributed by atoms with van der Waals surface area (Å²) in [5, 5.41) is 45.6. The zero-order chi connectivity index (χ0) is 29.8. The molecule has 0 saturated heterocycles. The van der Waals surface area contributed by atoms with Crippen molar-refractivity contribution in [1.82, 2.24) is 9.80 Å². The standard InChI is InChI=1S/C29H38N4O7/c1-7-9-33(8-2)13-15-12-18(31(3)4)16-10-14-11-17-22(32(5)6)25(36)21(28(30)39)27(38)29(17,40)26(37)19(14)24(35)20(16)23(15)34/h7,12,14,17,22,34,36-37,40H,1,8-11,13H2,2-6H3,(H2,30,39)/t14-,17-,22-,29-/m0/s1. The fourth-order valence-corrected chi connectivity index (χ4v) is 6.60. The molecule has 11 nitrogen and oxygen atoms in total. The van der Waals surface area contributed by atoms with Gasteiger partial charge in [-0.05, 0) is 51.0 Å². The Bertz CT molecular complexity index is 1360. The van der Waals surface area contributed by atoms with Crippen molar-refractivity contribution in [2.24, 2.45) is 17.6 Å². The topological polar surface area (TPSA) is 168 Å². The van der Waals surface area contributed by atoms with Gasteiger partial charge in [-0.3, -0.25) is 24.2 Å². The number of aromatic hydroxyl groups is 1. The zero-order valence-corrected chi connectivity index (χ0v) is 23.6. The third-order valence-corrected chi connectivity index (χ3v) is 8.49. The van der Waals surface area contributed by atoms with Gasteiger partial charge in [0.05, 0.1) is 11.6 Å². The van der Waals surface area contributed by atoms with Crippen molar-refractivity contribution in [2.45, 2.75) is 38.0 Å². The number of phenols is 1. The highest BCUT2D eigenvalue weighted by Crippen LogP contribution is 2.53. The Kier molecular flexibility index (Phi) is 7.61. The molecule has 11 heteroatoms. The second kappa shape index (κ2) is 10.4. The Morgan fingerprint density at radius 2 is 1.85 bits per heavy atom. The molecule has 0 bridgehead atoms. The van der Waals surface area contributed by atoms with Gasteiger partial charge in [-0.2, -0.15) is 0 Å². The van der Waals surface area contributed by atoms with E-state index >= 15 is 0 Å². The Hall–Kier alpha value is -3.67. The van der Waals surface area contributed by atoms with Crippen LogP contribution >= 0.6 is 0 Å². The molecule has 3 aliphatic rings. The summed E-state index contributed by atoms with van der Waals surface area (Å²) in [7, 11) is 6.87. The van der Waals surface area contributed by atoms with E-state index in [1.807, 2.05) is 36.9 Å².